The van der Waals surface area contributed by atoms with Gasteiger partial charge in [0, 0.05) is 19.0 Å². The maximum atomic E-state index is 12.9. The molecule has 0 radical (unpaired) electrons. The van der Waals surface area contributed by atoms with Crippen LogP contribution in [0.4, 0.5) is 0 Å². The molecule has 0 bridgehead atoms. The molecule has 0 fully saturated rings. The van der Waals surface area contributed by atoms with Gasteiger partial charge in [-0.25, -0.2) is 4.79 Å². The predicted molar refractivity (Wildman–Crippen MR) is 148 cm³/mol. The van der Waals surface area contributed by atoms with Crippen LogP contribution in [0.5, 0.6) is 5.75 Å². The molecule has 0 aromatic heterocycles. The molecule has 0 aliphatic heterocycles. The van der Waals surface area contributed by atoms with Crippen LogP contribution in [-0.4, -0.2) is 43.1 Å². The minimum atomic E-state index is -0.379. The van der Waals surface area contributed by atoms with Crippen LogP contribution in [0.3, 0.4) is 0 Å². The van der Waals surface area contributed by atoms with Gasteiger partial charge in [0.15, 0.2) is 6.61 Å². The van der Waals surface area contributed by atoms with E-state index >= 15 is 0 Å². The summed E-state index contributed by atoms with van der Waals surface area (Å²) in [6.45, 7) is 5.20. The number of carbonyl (C=O) groups is 2. The van der Waals surface area contributed by atoms with Gasteiger partial charge in [-0.2, -0.15) is 0 Å². The molecule has 0 saturated heterocycles. The molecule has 3 aromatic carbocycles. The number of hydrogen-bond acceptors (Lipinski definition) is 4. The van der Waals surface area contributed by atoms with E-state index in [9.17, 15) is 9.59 Å². The zero-order chi connectivity index (χ0) is 26.3. The van der Waals surface area contributed by atoms with E-state index in [1.54, 1.807) is 19.1 Å². The van der Waals surface area contributed by atoms with Crippen molar-refractivity contribution >= 4 is 11.9 Å². The SMILES string of the molecule is CC=CC(=O)N(CCCc1cccc(OCC(=O)OCC)c1)CCC(c1ccccc1)c1ccccc1. The largest absolute Gasteiger partial charge is 0.482 e. The third-order valence-electron chi connectivity index (χ3n) is 6.17. The molecule has 0 aliphatic carbocycles. The third-order valence-corrected chi connectivity index (χ3v) is 6.17. The van der Waals surface area contributed by atoms with Crippen molar-refractivity contribution < 1.29 is 19.1 Å². The van der Waals surface area contributed by atoms with Crippen molar-refractivity contribution in [3.63, 3.8) is 0 Å². The molecule has 0 spiro atoms. The summed E-state index contributed by atoms with van der Waals surface area (Å²) in [5.74, 6) is 0.516. The van der Waals surface area contributed by atoms with Crippen LogP contribution in [0.1, 0.15) is 49.3 Å². The maximum absolute atomic E-state index is 12.9. The molecule has 0 atom stereocenters. The zero-order valence-electron chi connectivity index (χ0n) is 21.8. The van der Waals surface area contributed by atoms with Crippen molar-refractivity contribution in [2.45, 2.75) is 39.0 Å². The lowest BCUT2D eigenvalue weighted by Gasteiger charge is -2.25. The van der Waals surface area contributed by atoms with Gasteiger partial charge < -0.3 is 14.4 Å². The molecule has 37 heavy (non-hydrogen) atoms. The van der Waals surface area contributed by atoms with Gasteiger partial charge in [-0.15, -0.1) is 0 Å². The summed E-state index contributed by atoms with van der Waals surface area (Å²) in [6, 6.07) is 28.7. The van der Waals surface area contributed by atoms with Crippen LogP contribution in [0.15, 0.2) is 97.1 Å². The number of allylic oxidation sites excluding steroid dienone is 1. The Labute approximate surface area is 220 Å². The Morgan fingerprint density at radius 2 is 1.57 bits per heavy atom. The van der Waals surface area contributed by atoms with E-state index in [-0.39, 0.29) is 24.4 Å². The number of rotatable bonds is 14. The Morgan fingerprint density at radius 3 is 2.19 bits per heavy atom. The lowest BCUT2D eigenvalue weighted by atomic mass is 9.88. The Balaban J connectivity index is 1.62. The maximum Gasteiger partial charge on any atom is 0.344 e. The quantitative estimate of drug-likeness (QED) is 0.196. The minimum absolute atomic E-state index is 0.0360. The van der Waals surface area contributed by atoms with Gasteiger partial charge in [0.2, 0.25) is 5.91 Å². The first-order chi connectivity index (χ1) is 18.1. The second kappa shape index (κ2) is 15.3. The topological polar surface area (TPSA) is 55.8 Å². The van der Waals surface area contributed by atoms with E-state index in [0.717, 1.165) is 24.8 Å². The highest BCUT2D eigenvalue weighted by Gasteiger charge is 2.18. The first-order valence-corrected chi connectivity index (χ1v) is 13.0. The number of nitrogens with zero attached hydrogens (tertiary/aromatic N) is 1. The normalized spacial score (nSPS) is 11.0. The first kappa shape index (κ1) is 27.7. The van der Waals surface area contributed by atoms with Gasteiger partial charge in [0.1, 0.15) is 5.75 Å². The van der Waals surface area contributed by atoms with Crippen molar-refractivity contribution in [3.05, 3.63) is 114 Å². The van der Waals surface area contributed by atoms with Gasteiger partial charge in [0.05, 0.1) is 6.61 Å². The number of benzene rings is 3. The summed E-state index contributed by atoms with van der Waals surface area (Å²) in [5.41, 5.74) is 3.62. The summed E-state index contributed by atoms with van der Waals surface area (Å²) in [6.07, 6.45) is 5.91. The summed E-state index contributed by atoms with van der Waals surface area (Å²) in [4.78, 5) is 26.4. The van der Waals surface area contributed by atoms with Crippen LogP contribution < -0.4 is 4.74 Å². The monoisotopic (exact) mass is 499 g/mol. The second-order valence-corrected chi connectivity index (χ2v) is 8.83. The van der Waals surface area contributed by atoms with E-state index in [2.05, 4.69) is 48.5 Å². The van der Waals surface area contributed by atoms with Gasteiger partial charge in [-0.1, -0.05) is 78.9 Å². The molecule has 0 aliphatic rings. The van der Waals surface area contributed by atoms with E-state index in [0.29, 0.717) is 25.4 Å². The van der Waals surface area contributed by atoms with Crippen LogP contribution in [0, 0.1) is 0 Å². The van der Waals surface area contributed by atoms with Crippen molar-refractivity contribution in [2.24, 2.45) is 0 Å². The lowest BCUT2D eigenvalue weighted by Crippen LogP contribution is -2.32. The predicted octanol–water partition coefficient (Wildman–Crippen LogP) is 6.19. The minimum Gasteiger partial charge on any atom is -0.482 e. The molecule has 0 heterocycles. The van der Waals surface area contributed by atoms with Crippen LogP contribution in [-0.2, 0) is 20.7 Å². The fourth-order valence-corrected chi connectivity index (χ4v) is 4.37. The Bertz CT molecular complexity index is 1090. The molecule has 0 saturated carbocycles. The molecule has 3 rings (SSSR count). The highest BCUT2D eigenvalue weighted by atomic mass is 16.6. The average Bonchev–Trinajstić information content (AvgIpc) is 2.93. The summed E-state index contributed by atoms with van der Waals surface area (Å²) < 4.78 is 10.5. The highest BCUT2D eigenvalue weighted by molar-refractivity contribution is 5.87. The van der Waals surface area contributed by atoms with Crippen molar-refractivity contribution in [3.8, 4) is 5.75 Å². The Morgan fingerprint density at radius 1 is 0.892 bits per heavy atom. The third kappa shape index (κ3) is 9.26. The number of amides is 1. The van der Waals surface area contributed by atoms with Gasteiger partial charge in [-0.3, -0.25) is 4.79 Å². The molecular weight excluding hydrogens is 462 g/mol. The lowest BCUT2D eigenvalue weighted by molar-refractivity contribution is -0.145. The molecule has 0 unspecified atom stereocenters. The smallest absolute Gasteiger partial charge is 0.344 e. The van der Waals surface area contributed by atoms with Crippen LogP contribution in [0.2, 0.25) is 0 Å². The molecule has 5 heteroatoms. The Kier molecular flexibility index (Phi) is 11.5. The van der Waals surface area contributed by atoms with Crippen molar-refractivity contribution in [2.75, 3.05) is 26.3 Å². The fourth-order valence-electron chi connectivity index (χ4n) is 4.37. The summed E-state index contributed by atoms with van der Waals surface area (Å²) >= 11 is 0. The molecule has 5 nitrogen and oxygen atoms in total. The average molecular weight is 500 g/mol. The van der Waals surface area contributed by atoms with Gasteiger partial charge in [-0.05, 0) is 68.0 Å². The molecule has 3 aromatic rings. The fraction of sp³-hybridized carbons (Fsp3) is 0.312. The van der Waals surface area contributed by atoms with Crippen molar-refractivity contribution in [1.82, 2.24) is 4.90 Å². The molecule has 1 amide bonds. The van der Waals surface area contributed by atoms with Gasteiger partial charge in [0.25, 0.3) is 0 Å². The summed E-state index contributed by atoms with van der Waals surface area (Å²) in [7, 11) is 0. The van der Waals surface area contributed by atoms with Crippen LogP contribution in [0.25, 0.3) is 0 Å². The first-order valence-electron chi connectivity index (χ1n) is 13.0. The van der Waals surface area contributed by atoms with E-state index in [1.807, 2.05) is 48.2 Å². The van der Waals surface area contributed by atoms with E-state index < -0.39 is 0 Å². The number of carbonyl (C=O) groups excluding carboxylic acids is 2. The molecule has 194 valence electrons. The van der Waals surface area contributed by atoms with E-state index in [4.69, 9.17) is 9.47 Å². The molecular formula is C32H37NO4. The number of hydrogen-bond donors (Lipinski definition) is 0. The standard InChI is InChI=1S/C32H37NO4/c1-3-13-31(34)33(22-12-15-26-14-11-20-29(24-26)37-25-32(35)36-4-2)23-21-30(27-16-7-5-8-17-27)28-18-9-6-10-19-28/h3,5-11,13-14,16-20,24,30H,4,12,15,21-23,25H2,1-2H3. The number of ether oxygens (including phenoxy) is 2. The second-order valence-electron chi connectivity index (χ2n) is 8.83. The number of esters is 1. The number of aryl methyl sites for hydroxylation is 1. The van der Waals surface area contributed by atoms with E-state index in [1.165, 1.54) is 11.1 Å². The zero-order valence-corrected chi connectivity index (χ0v) is 21.8. The summed E-state index contributed by atoms with van der Waals surface area (Å²) in [5, 5.41) is 0. The molecule has 0 N–H and O–H groups in total. The highest BCUT2D eigenvalue weighted by Crippen LogP contribution is 2.28. The Hall–Kier alpha value is -3.86. The van der Waals surface area contributed by atoms with Crippen molar-refractivity contribution in [1.29, 1.82) is 0 Å². The van der Waals surface area contributed by atoms with Gasteiger partial charge >= 0.3 is 5.97 Å². The van der Waals surface area contributed by atoms with Crippen LogP contribution >= 0.6 is 0 Å².